The Hall–Kier alpha value is -1.09. The van der Waals surface area contributed by atoms with E-state index < -0.39 is 0 Å². The van der Waals surface area contributed by atoms with Gasteiger partial charge in [0.05, 0.1) is 18.2 Å². The van der Waals surface area contributed by atoms with E-state index in [9.17, 15) is 0 Å². The zero-order valence-corrected chi connectivity index (χ0v) is 11.7. The molecule has 0 aliphatic carbocycles. The van der Waals surface area contributed by atoms with Gasteiger partial charge in [0.15, 0.2) is 0 Å². The van der Waals surface area contributed by atoms with Crippen molar-refractivity contribution >= 4 is 6.08 Å². The first-order chi connectivity index (χ1) is 8.00. The maximum absolute atomic E-state index is 4.14. The van der Waals surface area contributed by atoms with E-state index in [0.717, 1.165) is 13.1 Å². The maximum atomic E-state index is 4.14. The first-order valence-electron chi connectivity index (χ1n) is 6.38. The minimum absolute atomic E-state index is 0.560. The third-order valence-electron chi connectivity index (χ3n) is 2.81. The van der Waals surface area contributed by atoms with Crippen molar-refractivity contribution in [1.29, 1.82) is 0 Å². The van der Waals surface area contributed by atoms with Crippen LogP contribution in [0.2, 0.25) is 0 Å². The summed E-state index contributed by atoms with van der Waals surface area (Å²) in [6, 6.07) is 0. The van der Waals surface area contributed by atoms with Crippen LogP contribution in [-0.4, -0.2) is 22.6 Å². The Morgan fingerprint density at radius 1 is 1.41 bits per heavy atom. The normalized spacial score (nSPS) is 12.8. The van der Waals surface area contributed by atoms with Crippen LogP contribution in [0.3, 0.4) is 0 Å². The van der Waals surface area contributed by atoms with Gasteiger partial charge in [-0.2, -0.15) is 0 Å². The fourth-order valence-corrected chi connectivity index (χ4v) is 1.62. The minimum Gasteiger partial charge on any atom is -0.334 e. The van der Waals surface area contributed by atoms with Crippen LogP contribution < -0.4 is 5.32 Å². The predicted octanol–water partition coefficient (Wildman–Crippen LogP) is 2.71. The topological polar surface area (TPSA) is 29.9 Å². The lowest BCUT2D eigenvalue weighted by molar-refractivity contribution is 0.558. The number of nitrogens with one attached hydrogen (secondary N) is 1. The Kier molecular flexibility index (Phi) is 5.42. The summed E-state index contributed by atoms with van der Waals surface area (Å²) in [6.07, 6.45) is 5.99. The lowest BCUT2D eigenvalue weighted by Crippen LogP contribution is -2.23. The highest BCUT2D eigenvalue weighted by atomic mass is 15.0. The number of rotatable bonds is 6. The average molecular weight is 235 g/mol. The van der Waals surface area contributed by atoms with Crippen LogP contribution in [0.15, 0.2) is 18.1 Å². The summed E-state index contributed by atoms with van der Waals surface area (Å²) >= 11 is 0. The Labute approximate surface area is 105 Å². The molecule has 0 bridgehead atoms. The van der Waals surface area contributed by atoms with Gasteiger partial charge in [0.1, 0.15) is 0 Å². The Morgan fingerprint density at radius 2 is 2.12 bits per heavy atom. The van der Waals surface area contributed by atoms with Crippen molar-refractivity contribution in [3.8, 4) is 0 Å². The second kappa shape index (κ2) is 6.60. The van der Waals surface area contributed by atoms with Crippen molar-refractivity contribution in [2.75, 3.05) is 13.1 Å². The molecule has 17 heavy (non-hydrogen) atoms. The first kappa shape index (κ1) is 14.0. The summed E-state index contributed by atoms with van der Waals surface area (Å²) < 4.78 is 2.05. The lowest BCUT2D eigenvalue weighted by atomic mass is 10.0. The van der Waals surface area contributed by atoms with E-state index in [0.29, 0.717) is 11.8 Å². The van der Waals surface area contributed by atoms with Crippen LogP contribution in [0.5, 0.6) is 0 Å². The van der Waals surface area contributed by atoms with Crippen molar-refractivity contribution in [2.45, 2.75) is 27.7 Å². The lowest BCUT2D eigenvalue weighted by Gasteiger charge is -2.14. The molecule has 0 saturated carbocycles. The molecule has 1 rings (SSSR count). The zero-order chi connectivity index (χ0) is 12.8. The van der Waals surface area contributed by atoms with E-state index in [1.165, 1.54) is 11.3 Å². The molecule has 3 nitrogen and oxygen atoms in total. The average Bonchev–Trinajstić information content (AvgIpc) is 2.62. The van der Waals surface area contributed by atoms with Crippen molar-refractivity contribution in [3.63, 3.8) is 0 Å². The summed E-state index contributed by atoms with van der Waals surface area (Å²) in [5.41, 5.74) is 2.59. The van der Waals surface area contributed by atoms with Crippen LogP contribution in [0.1, 0.15) is 33.4 Å². The largest absolute Gasteiger partial charge is 0.334 e. The second-order valence-electron chi connectivity index (χ2n) is 5.33. The monoisotopic (exact) mass is 235 g/mol. The maximum Gasteiger partial charge on any atom is 0.0948 e. The van der Waals surface area contributed by atoms with Crippen LogP contribution in [0.25, 0.3) is 6.08 Å². The molecule has 0 fully saturated rings. The molecule has 3 heteroatoms. The molecule has 0 amide bonds. The van der Waals surface area contributed by atoms with Gasteiger partial charge in [-0.15, -0.1) is 0 Å². The number of imidazole rings is 1. The molecular formula is C14H25N3. The van der Waals surface area contributed by atoms with Crippen molar-refractivity contribution in [2.24, 2.45) is 18.9 Å². The van der Waals surface area contributed by atoms with Gasteiger partial charge < -0.3 is 9.88 Å². The molecule has 0 saturated heterocycles. The third kappa shape index (κ3) is 4.73. The number of nitrogens with zero attached hydrogens (tertiary/aromatic N) is 2. The van der Waals surface area contributed by atoms with Gasteiger partial charge in [-0.05, 0) is 24.5 Å². The fraction of sp³-hybridized carbons (Fsp3) is 0.643. The van der Waals surface area contributed by atoms with Gasteiger partial charge in [0, 0.05) is 13.6 Å². The molecule has 0 aromatic carbocycles. The summed E-state index contributed by atoms with van der Waals surface area (Å²) in [4.78, 5) is 4.14. The van der Waals surface area contributed by atoms with Crippen LogP contribution >= 0.6 is 0 Å². The second-order valence-corrected chi connectivity index (χ2v) is 5.33. The predicted molar refractivity (Wildman–Crippen MR) is 73.7 cm³/mol. The Balaban J connectivity index is 2.66. The number of aryl methyl sites for hydroxylation is 1. The molecule has 96 valence electrons. The van der Waals surface area contributed by atoms with Crippen molar-refractivity contribution < 1.29 is 0 Å². The van der Waals surface area contributed by atoms with Crippen LogP contribution in [0, 0.1) is 11.8 Å². The van der Waals surface area contributed by atoms with Gasteiger partial charge >= 0.3 is 0 Å². The molecule has 0 atom stereocenters. The summed E-state index contributed by atoms with van der Waals surface area (Å²) in [7, 11) is 2.03. The molecule has 0 radical (unpaired) electrons. The van der Waals surface area contributed by atoms with E-state index in [4.69, 9.17) is 0 Å². The molecule has 0 spiro atoms. The highest BCUT2D eigenvalue weighted by Gasteiger charge is 2.05. The Bertz CT molecular complexity index is 361. The van der Waals surface area contributed by atoms with Gasteiger partial charge in [-0.25, -0.2) is 4.98 Å². The van der Waals surface area contributed by atoms with E-state index in [1.807, 2.05) is 24.1 Å². The standard InChI is InChI=1S/C14H25N3/c1-11(2)7-15-8-13(12(3)4)6-14-9-16-10-17(14)5/h6,9-12,15H,7-8H2,1-5H3. The smallest absolute Gasteiger partial charge is 0.0948 e. The SMILES string of the molecule is CC(C)CNCC(=Cc1cncn1C)C(C)C. The first-order valence-corrected chi connectivity index (χ1v) is 6.38. The van der Waals surface area contributed by atoms with Gasteiger partial charge in [0.2, 0.25) is 0 Å². The van der Waals surface area contributed by atoms with Gasteiger partial charge in [0.25, 0.3) is 0 Å². The highest BCUT2D eigenvalue weighted by Crippen LogP contribution is 2.13. The fourth-order valence-electron chi connectivity index (χ4n) is 1.62. The number of aromatic nitrogens is 2. The van der Waals surface area contributed by atoms with Crippen molar-refractivity contribution in [1.82, 2.24) is 14.9 Å². The molecule has 1 N–H and O–H groups in total. The van der Waals surface area contributed by atoms with Gasteiger partial charge in [-0.3, -0.25) is 0 Å². The zero-order valence-electron chi connectivity index (χ0n) is 11.7. The molecule has 0 unspecified atom stereocenters. The summed E-state index contributed by atoms with van der Waals surface area (Å²) in [5.74, 6) is 1.25. The third-order valence-corrected chi connectivity index (χ3v) is 2.81. The summed E-state index contributed by atoms with van der Waals surface area (Å²) in [5, 5.41) is 3.50. The highest BCUT2D eigenvalue weighted by molar-refractivity contribution is 5.49. The van der Waals surface area contributed by atoms with Crippen LogP contribution in [-0.2, 0) is 7.05 Å². The van der Waals surface area contributed by atoms with Crippen molar-refractivity contribution in [3.05, 3.63) is 23.8 Å². The number of hydrogen-bond donors (Lipinski definition) is 1. The molecule has 1 heterocycles. The van der Waals surface area contributed by atoms with E-state index in [2.05, 4.69) is 44.1 Å². The molecule has 1 aromatic heterocycles. The number of hydrogen-bond acceptors (Lipinski definition) is 2. The molecule has 0 aliphatic rings. The Morgan fingerprint density at radius 3 is 2.59 bits per heavy atom. The molecule has 0 aliphatic heterocycles. The molecule has 1 aromatic rings. The van der Waals surface area contributed by atoms with Crippen LogP contribution in [0.4, 0.5) is 0 Å². The van der Waals surface area contributed by atoms with E-state index in [-0.39, 0.29) is 0 Å². The minimum atomic E-state index is 0.560. The summed E-state index contributed by atoms with van der Waals surface area (Å²) in [6.45, 7) is 11.0. The van der Waals surface area contributed by atoms with E-state index in [1.54, 1.807) is 0 Å². The van der Waals surface area contributed by atoms with Gasteiger partial charge in [-0.1, -0.05) is 33.3 Å². The quantitative estimate of drug-likeness (QED) is 0.821. The van der Waals surface area contributed by atoms with E-state index >= 15 is 0 Å². The molecular weight excluding hydrogens is 210 g/mol.